The molecule has 0 spiro atoms. The normalized spacial score (nSPS) is 8.00. The molecule has 0 radical (unpaired) electrons. The van der Waals surface area contributed by atoms with E-state index in [2.05, 4.69) is 4.99 Å². The van der Waals surface area contributed by atoms with Gasteiger partial charge < -0.3 is 5.11 Å². The Labute approximate surface area is 77.1 Å². The average molecular weight is 194 g/mol. The van der Waals surface area contributed by atoms with E-state index in [1.807, 2.05) is 0 Å². The second kappa shape index (κ2) is 10.1. The molecule has 0 aromatic carbocycles. The Morgan fingerprint density at radius 1 is 1.33 bits per heavy atom. The van der Waals surface area contributed by atoms with Crippen LogP contribution in [0.1, 0.15) is 25.7 Å². The predicted molar refractivity (Wildman–Crippen MR) is 46.3 cm³/mol. The van der Waals surface area contributed by atoms with Crippen LogP contribution in [0.3, 0.4) is 0 Å². The summed E-state index contributed by atoms with van der Waals surface area (Å²) in [5.74, 6) is -0.774. The minimum absolute atomic E-state index is 0. The highest BCUT2D eigenvalue weighted by atomic mass is 35.5. The van der Waals surface area contributed by atoms with Crippen molar-refractivity contribution in [1.29, 1.82) is 0 Å². The topological polar surface area (TPSA) is 66.7 Å². The summed E-state index contributed by atoms with van der Waals surface area (Å²) in [6.07, 6.45) is 3.85. The molecule has 0 aromatic rings. The standard InChI is InChI=1S/C7H11NO3.ClH/c9-6-8-5-3-1-2-4-7(10)11;/h1-5H2,(H,10,11);1H. The van der Waals surface area contributed by atoms with Gasteiger partial charge in [-0.15, -0.1) is 12.4 Å². The number of aliphatic carboxylic acids is 1. The Kier molecular flexibility index (Phi) is 11.6. The number of carbonyl (C=O) groups excluding carboxylic acids is 1. The van der Waals surface area contributed by atoms with Crippen molar-refractivity contribution in [1.82, 2.24) is 0 Å². The van der Waals surface area contributed by atoms with Gasteiger partial charge in [-0.25, -0.2) is 9.79 Å². The molecule has 5 heteroatoms. The molecule has 0 unspecified atom stereocenters. The van der Waals surface area contributed by atoms with Crippen LogP contribution in [-0.4, -0.2) is 23.7 Å². The number of hydrogen-bond donors (Lipinski definition) is 1. The quantitative estimate of drug-likeness (QED) is 0.394. The van der Waals surface area contributed by atoms with Crippen molar-refractivity contribution in [3.05, 3.63) is 0 Å². The zero-order valence-electron chi connectivity index (χ0n) is 6.65. The molecule has 70 valence electrons. The van der Waals surface area contributed by atoms with Gasteiger partial charge in [0.1, 0.15) is 0 Å². The van der Waals surface area contributed by atoms with Crippen LogP contribution < -0.4 is 0 Å². The highest BCUT2D eigenvalue weighted by molar-refractivity contribution is 5.85. The fraction of sp³-hybridized carbons (Fsp3) is 0.714. The fourth-order valence-corrected chi connectivity index (χ4v) is 0.690. The lowest BCUT2D eigenvalue weighted by Gasteiger charge is -1.92. The number of halogens is 1. The Hall–Kier alpha value is -0.860. The highest BCUT2D eigenvalue weighted by Gasteiger charge is 1.94. The maximum atomic E-state index is 10.0. The molecule has 0 atom stereocenters. The summed E-state index contributed by atoms with van der Waals surface area (Å²) in [4.78, 5) is 22.9. The minimum Gasteiger partial charge on any atom is -0.481 e. The SMILES string of the molecule is Cl.O=C=NCCCCCC(=O)O. The summed E-state index contributed by atoms with van der Waals surface area (Å²) in [6, 6.07) is 0. The van der Waals surface area contributed by atoms with E-state index in [1.54, 1.807) is 0 Å². The molecule has 0 aliphatic rings. The molecule has 12 heavy (non-hydrogen) atoms. The van der Waals surface area contributed by atoms with Gasteiger partial charge >= 0.3 is 5.97 Å². The van der Waals surface area contributed by atoms with E-state index in [-0.39, 0.29) is 18.8 Å². The number of nitrogens with zero attached hydrogens (tertiary/aromatic N) is 1. The lowest BCUT2D eigenvalue weighted by Crippen LogP contribution is -1.93. The summed E-state index contributed by atoms with van der Waals surface area (Å²) >= 11 is 0. The lowest BCUT2D eigenvalue weighted by molar-refractivity contribution is -0.137. The van der Waals surface area contributed by atoms with Gasteiger partial charge in [0.2, 0.25) is 6.08 Å². The number of hydrogen-bond acceptors (Lipinski definition) is 3. The van der Waals surface area contributed by atoms with Gasteiger partial charge in [0.05, 0.1) is 6.54 Å². The van der Waals surface area contributed by atoms with Crippen LogP contribution in [0.4, 0.5) is 0 Å². The second-order valence-corrected chi connectivity index (χ2v) is 2.18. The van der Waals surface area contributed by atoms with Crippen molar-refractivity contribution in [2.75, 3.05) is 6.54 Å². The smallest absolute Gasteiger partial charge is 0.303 e. The largest absolute Gasteiger partial charge is 0.481 e. The van der Waals surface area contributed by atoms with Crippen molar-refractivity contribution < 1.29 is 14.7 Å². The first-order valence-electron chi connectivity index (χ1n) is 3.53. The zero-order valence-corrected chi connectivity index (χ0v) is 7.47. The molecule has 0 aromatic heterocycles. The van der Waals surface area contributed by atoms with E-state index >= 15 is 0 Å². The molecule has 0 saturated heterocycles. The highest BCUT2D eigenvalue weighted by Crippen LogP contribution is 1.99. The van der Waals surface area contributed by atoms with Crippen LogP contribution in [0.25, 0.3) is 0 Å². The van der Waals surface area contributed by atoms with Gasteiger partial charge in [-0.05, 0) is 12.8 Å². The predicted octanol–water partition coefficient (Wildman–Crippen LogP) is 1.39. The number of carbonyl (C=O) groups is 1. The Bertz CT molecular complexity index is 162. The van der Waals surface area contributed by atoms with Crippen LogP contribution in [0, 0.1) is 0 Å². The second-order valence-electron chi connectivity index (χ2n) is 2.18. The maximum absolute atomic E-state index is 10.0. The molecule has 0 rings (SSSR count). The number of carboxylic acids is 1. The third-order valence-corrected chi connectivity index (χ3v) is 1.23. The minimum atomic E-state index is -0.774. The van der Waals surface area contributed by atoms with Crippen molar-refractivity contribution >= 4 is 24.5 Å². The van der Waals surface area contributed by atoms with E-state index in [0.717, 1.165) is 12.8 Å². The molecule has 0 amide bonds. The molecule has 0 aliphatic carbocycles. The number of rotatable bonds is 6. The molecule has 0 heterocycles. The Morgan fingerprint density at radius 2 is 2.00 bits per heavy atom. The summed E-state index contributed by atoms with van der Waals surface area (Å²) in [5, 5.41) is 8.23. The monoisotopic (exact) mass is 193 g/mol. The van der Waals surface area contributed by atoms with Crippen LogP contribution in [-0.2, 0) is 9.59 Å². The van der Waals surface area contributed by atoms with Crippen LogP contribution in [0.2, 0.25) is 0 Å². The third-order valence-electron chi connectivity index (χ3n) is 1.23. The third kappa shape index (κ3) is 11.9. The first kappa shape index (κ1) is 13.7. The molecular formula is C7H12ClNO3. The number of carboxylic acid groups (broad SMARTS) is 1. The van der Waals surface area contributed by atoms with Crippen LogP contribution in [0.15, 0.2) is 4.99 Å². The molecule has 0 aliphatic heterocycles. The van der Waals surface area contributed by atoms with Gasteiger partial charge in [-0.1, -0.05) is 6.42 Å². The zero-order chi connectivity index (χ0) is 8.53. The molecule has 0 fully saturated rings. The summed E-state index contributed by atoms with van der Waals surface area (Å²) in [6.45, 7) is 0.461. The first-order valence-corrected chi connectivity index (χ1v) is 3.53. The molecule has 4 nitrogen and oxygen atoms in total. The van der Waals surface area contributed by atoms with E-state index in [4.69, 9.17) is 5.11 Å². The van der Waals surface area contributed by atoms with E-state index < -0.39 is 5.97 Å². The van der Waals surface area contributed by atoms with Gasteiger partial charge in [-0.3, -0.25) is 4.79 Å². The average Bonchev–Trinajstić information content (AvgIpc) is 1.96. The number of aliphatic imine (C=N–C) groups is 1. The lowest BCUT2D eigenvalue weighted by atomic mass is 10.2. The summed E-state index contributed by atoms with van der Waals surface area (Å²) in [7, 11) is 0. The molecule has 0 saturated carbocycles. The number of unbranched alkanes of at least 4 members (excludes halogenated alkanes) is 2. The Balaban J connectivity index is 0. The van der Waals surface area contributed by atoms with Crippen molar-refractivity contribution in [2.45, 2.75) is 25.7 Å². The Morgan fingerprint density at radius 3 is 2.50 bits per heavy atom. The van der Waals surface area contributed by atoms with E-state index in [9.17, 15) is 9.59 Å². The molecule has 0 bridgehead atoms. The van der Waals surface area contributed by atoms with Gasteiger partial charge in [0.25, 0.3) is 0 Å². The number of isocyanates is 1. The first-order chi connectivity index (χ1) is 5.27. The fourth-order valence-electron chi connectivity index (χ4n) is 0.690. The van der Waals surface area contributed by atoms with Gasteiger partial charge in [-0.2, -0.15) is 0 Å². The maximum Gasteiger partial charge on any atom is 0.303 e. The van der Waals surface area contributed by atoms with E-state index in [1.165, 1.54) is 6.08 Å². The van der Waals surface area contributed by atoms with Crippen molar-refractivity contribution in [3.8, 4) is 0 Å². The van der Waals surface area contributed by atoms with E-state index in [0.29, 0.717) is 13.0 Å². The van der Waals surface area contributed by atoms with Gasteiger partial charge in [0.15, 0.2) is 0 Å². The summed E-state index contributed by atoms with van der Waals surface area (Å²) in [5.41, 5.74) is 0. The van der Waals surface area contributed by atoms with Gasteiger partial charge in [0, 0.05) is 6.42 Å². The van der Waals surface area contributed by atoms with Crippen LogP contribution in [0.5, 0.6) is 0 Å². The summed E-state index contributed by atoms with van der Waals surface area (Å²) < 4.78 is 0. The molecular weight excluding hydrogens is 182 g/mol. The van der Waals surface area contributed by atoms with Crippen LogP contribution >= 0.6 is 12.4 Å². The molecule has 1 N–H and O–H groups in total. The van der Waals surface area contributed by atoms with Crippen molar-refractivity contribution in [3.63, 3.8) is 0 Å². The van der Waals surface area contributed by atoms with Crippen molar-refractivity contribution in [2.24, 2.45) is 4.99 Å².